The second-order valence-corrected chi connectivity index (χ2v) is 4.48. The van der Waals surface area contributed by atoms with Crippen LogP contribution < -0.4 is 0 Å². The van der Waals surface area contributed by atoms with E-state index in [1.165, 1.54) is 12.4 Å². The number of carboxylic acid groups (broad SMARTS) is 1. The van der Waals surface area contributed by atoms with Gasteiger partial charge in [0.05, 0.1) is 5.41 Å². The number of pyridine rings is 1. The first-order chi connectivity index (χ1) is 7.96. The van der Waals surface area contributed by atoms with Crippen molar-refractivity contribution in [3.05, 3.63) is 30.1 Å². The Kier molecular flexibility index (Phi) is 2.85. The molecule has 1 aliphatic rings. The zero-order valence-electron chi connectivity index (χ0n) is 9.20. The van der Waals surface area contributed by atoms with Gasteiger partial charge >= 0.3 is 5.97 Å². The predicted molar refractivity (Wildman–Crippen MR) is 57.0 cm³/mol. The molecule has 0 amide bonds. The highest BCUT2D eigenvalue weighted by atomic mass is 19.3. The fraction of sp³-hybridized carbons (Fsp3) is 0.500. The molecule has 0 atom stereocenters. The molecule has 1 saturated carbocycles. The van der Waals surface area contributed by atoms with E-state index in [0.29, 0.717) is 5.56 Å². The molecule has 5 heteroatoms. The number of carboxylic acids is 1. The Balaban J connectivity index is 2.33. The highest BCUT2D eigenvalue weighted by Gasteiger charge is 2.48. The van der Waals surface area contributed by atoms with Crippen LogP contribution >= 0.6 is 0 Å². The third-order valence-corrected chi connectivity index (χ3v) is 3.48. The average Bonchev–Trinajstić information content (AvgIpc) is 2.30. The highest BCUT2D eigenvalue weighted by Crippen LogP contribution is 2.45. The summed E-state index contributed by atoms with van der Waals surface area (Å²) >= 11 is 0. The van der Waals surface area contributed by atoms with E-state index in [1.54, 1.807) is 12.1 Å². The minimum atomic E-state index is -2.73. The lowest BCUT2D eigenvalue weighted by atomic mass is 9.68. The van der Waals surface area contributed by atoms with Gasteiger partial charge in [0.1, 0.15) is 0 Å². The maximum Gasteiger partial charge on any atom is 0.314 e. The molecule has 1 aliphatic carbocycles. The number of halogens is 2. The molecule has 0 spiro atoms. The molecule has 1 fully saturated rings. The molecule has 0 bridgehead atoms. The summed E-state index contributed by atoms with van der Waals surface area (Å²) in [6.45, 7) is 0. The first-order valence-electron chi connectivity index (χ1n) is 5.48. The van der Waals surface area contributed by atoms with Crippen molar-refractivity contribution in [2.75, 3.05) is 0 Å². The van der Waals surface area contributed by atoms with Gasteiger partial charge in [0.15, 0.2) is 0 Å². The molecule has 1 aromatic rings. The van der Waals surface area contributed by atoms with Crippen molar-refractivity contribution >= 4 is 5.97 Å². The quantitative estimate of drug-likeness (QED) is 0.865. The van der Waals surface area contributed by atoms with E-state index >= 15 is 0 Å². The van der Waals surface area contributed by atoms with Crippen LogP contribution in [0, 0.1) is 0 Å². The van der Waals surface area contributed by atoms with Crippen molar-refractivity contribution in [2.45, 2.75) is 37.0 Å². The van der Waals surface area contributed by atoms with Crippen LogP contribution in [-0.2, 0) is 10.2 Å². The third kappa shape index (κ3) is 2.14. The van der Waals surface area contributed by atoms with E-state index in [-0.39, 0.29) is 25.7 Å². The van der Waals surface area contributed by atoms with Crippen molar-refractivity contribution in [1.82, 2.24) is 4.98 Å². The summed E-state index contributed by atoms with van der Waals surface area (Å²) in [5, 5.41) is 9.35. The van der Waals surface area contributed by atoms with Crippen LogP contribution in [0.15, 0.2) is 24.5 Å². The molecule has 17 heavy (non-hydrogen) atoms. The van der Waals surface area contributed by atoms with Crippen LogP contribution in [0.3, 0.4) is 0 Å². The summed E-state index contributed by atoms with van der Waals surface area (Å²) < 4.78 is 26.2. The van der Waals surface area contributed by atoms with Crippen LogP contribution in [0.2, 0.25) is 0 Å². The summed E-state index contributed by atoms with van der Waals surface area (Å²) in [5.41, 5.74) is -0.611. The third-order valence-electron chi connectivity index (χ3n) is 3.48. The molecule has 0 radical (unpaired) electrons. The van der Waals surface area contributed by atoms with Gasteiger partial charge in [0, 0.05) is 25.2 Å². The molecule has 92 valence electrons. The Hall–Kier alpha value is -1.52. The summed E-state index contributed by atoms with van der Waals surface area (Å²) in [6, 6.07) is 3.19. The molecule has 0 unspecified atom stereocenters. The molecular weight excluding hydrogens is 228 g/mol. The van der Waals surface area contributed by atoms with Gasteiger partial charge in [0.25, 0.3) is 0 Å². The number of carbonyl (C=O) groups is 1. The monoisotopic (exact) mass is 241 g/mol. The Morgan fingerprint density at radius 2 is 1.71 bits per heavy atom. The van der Waals surface area contributed by atoms with Gasteiger partial charge in [-0.2, -0.15) is 0 Å². The van der Waals surface area contributed by atoms with Crippen LogP contribution in [0.4, 0.5) is 8.78 Å². The summed E-state index contributed by atoms with van der Waals surface area (Å²) in [4.78, 5) is 15.2. The number of nitrogens with zero attached hydrogens (tertiary/aromatic N) is 1. The summed E-state index contributed by atoms with van der Waals surface area (Å²) in [6.07, 6.45) is 2.18. The highest BCUT2D eigenvalue weighted by molar-refractivity contribution is 5.81. The van der Waals surface area contributed by atoms with Crippen molar-refractivity contribution in [2.24, 2.45) is 0 Å². The molecule has 2 rings (SSSR count). The normalized spacial score (nSPS) is 22.0. The molecule has 1 heterocycles. The second-order valence-electron chi connectivity index (χ2n) is 4.48. The largest absolute Gasteiger partial charge is 0.481 e. The zero-order chi connectivity index (χ0) is 12.5. The standard InChI is InChI=1S/C12H13F2NO2/c13-12(14)5-3-11(4-6-12,10(16)17)9-1-7-15-8-2-9/h1-2,7-8H,3-6H2,(H,16,17). The fourth-order valence-corrected chi connectivity index (χ4v) is 2.34. The minimum absolute atomic E-state index is 0.0284. The van der Waals surface area contributed by atoms with Crippen LogP contribution in [0.25, 0.3) is 0 Å². The first-order valence-corrected chi connectivity index (χ1v) is 5.48. The number of rotatable bonds is 2. The molecular formula is C12H13F2NO2. The smallest absolute Gasteiger partial charge is 0.314 e. The van der Waals surface area contributed by atoms with E-state index in [0.717, 1.165) is 0 Å². The van der Waals surface area contributed by atoms with Crippen molar-refractivity contribution in [3.8, 4) is 0 Å². The predicted octanol–water partition coefficient (Wildman–Crippen LogP) is 2.61. The minimum Gasteiger partial charge on any atom is -0.481 e. The van der Waals surface area contributed by atoms with Gasteiger partial charge in [-0.25, -0.2) is 8.78 Å². The second kappa shape index (κ2) is 4.05. The van der Waals surface area contributed by atoms with Crippen molar-refractivity contribution in [3.63, 3.8) is 0 Å². The molecule has 1 aromatic heterocycles. The molecule has 1 N–H and O–H groups in total. The van der Waals surface area contributed by atoms with E-state index in [2.05, 4.69) is 4.98 Å². The van der Waals surface area contributed by atoms with Gasteiger partial charge in [-0.05, 0) is 30.5 Å². The van der Waals surface area contributed by atoms with Crippen LogP contribution in [-0.4, -0.2) is 22.0 Å². The number of hydrogen-bond donors (Lipinski definition) is 1. The van der Waals surface area contributed by atoms with Crippen molar-refractivity contribution in [1.29, 1.82) is 0 Å². The van der Waals surface area contributed by atoms with Crippen LogP contribution in [0.1, 0.15) is 31.2 Å². The average molecular weight is 241 g/mol. The van der Waals surface area contributed by atoms with Gasteiger partial charge in [-0.1, -0.05) is 0 Å². The van der Waals surface area contributed by atoms with E-state index in [4.69, 9.17) is 0 Å². The van der Waals surface area contributed by atoms with Gasteiger partial charge in [-0.3, -0.25) is 9.78 Å². The van der Waals surface area contributed by atoms with E-state index in [1.807, 2.05) is 0 Å². The number of aromatic nitrogens is 1. The summed E-state index contributed by atoms with van der Waals surface area (Å²) in [5.74, 6) is -3.76. The zero-order valence-corrected chi connectivity index (χ0v) is 9.20. The van der Waals surface area contributed by atoms with Gasteiger partial charge < -0.3 is 5.11 Å². The molecule has 3 nitrogen and oxygen atoms in total. The Labute approximate surface area is 97.5 Å². The SMILES string of the molecule is O=C(O)C1(c2ccncc2)CCC(F)(F)CC1. The maximum atomic E-state index is 13.1. The van der Waals surface area contributed by atoms with Crippen molar-refractivity contribution < 1.29 is 18.7 Å². The van der Waals surface area contributed by atoms with E-state index < -0.39 is 17.3 Å². The lowest BCUT2D eigenvalue weighted by Crippen LogP contribution is -2.42. The van der Waals surface area contributed by atoms with Crippen LogP contribution in [0.5, 0.6) is 0 Å². The molecule has 0 saturated heterocycles. The lowest BCUT2D eigenvalue weighted by molar-refractivity contribution is -0.149. The number of hydrogen-bond acceptors (Lipinski definition) is 2. The number of alkyl halides is 2. The molecule has 0 aromatic carbocycles. The molecule has 0 aliphatic heterocycles. The van der Waals surface area contributed by atoms with E-state index in [9.17, 15) is 18.7 Å². The summed E-state index contributed by atoms with van der Waals surface area (Å²) in [7, 11) is 0. The first kappa shape index (κ1) is 12.0. The van der Waals surface area contributed by atoms with Gasteiger partial charge in [0.2, 0.25) is 5.92 Å². The lowest BCUT2D eigenvalue weighted by Gasteiger charge is -2.36. The Morgan fingerprint density at radius 1 is 1.18 bits per heavy atom. The number of aliphatic carboxylic acids is 1. The Bertz CT molecular complexity index is 410. The maximum absolute atomic E-state index is 13.1. The fourth-order valence-electron chi connectivity index (χ4n) is 2.34. The Morgan fingerprint density at radius 3 is 2.18 bits per heavy atom. The van der Waals surface area contributed by atoms with Gasteiger partial charge in [-0.15, -0.1) is 0 Å². The topological polar surface area (TPSA) is 50.2 Å².